The minimum absolute atomic E-state index is 0.277. The Morgan fingerprint density at radius 1 is 1.56 bits per heavy atom. The van der Waals surface area contributed by atoms with Crippen LogP contribution in [0.3, 0.4) is 0 Å². The van der Waals surface area contributed by atoms with Crippen LogP contribution in [0, 0.1) is 12.3 Å². The Bertz CT molecular complexity index is 464. The lowest BCUT2D eigenvalue weighted by atomic mass is 10.1. The van der Waals surface area contributed by atoms with Crippen molar-refractivity contribution >= 4 is 11.8 Å². The van der Waals surface area contributed by atoms with Gasteiger partial charge >= 0.3 is 5.69 Å². The van der Waals surface area contributed by atoms with Gasteiger partial charge in [-0.05, 0) is 6.42 Å². The molecule has 0 bridgehead atoms. The molecule has 0 aromatic carbocycles. The van der Waals surface area contributed by atoms with E-state index in [0.29, 0.717) is 25.2 Å². The van der Waals surface area contributed by atoms with Gasteiger partial charge in [-0.25, -0.2) is 9.89 Å². The van der Waals surface area contributed by atoms with Crippen LogP contribution in [0.4, 0.5) is 0 Å². The zero-order valence-electron chi connectivity index (χ0n) is 10.0. The van der Waals surface area contributed by atoms with Gasteiger partial charge in [0.1, 0.15) is 5.82 Å². The summed E-state index contributed by atoms with van der Waals surface area (Å²) in [6.45, 7) is 2.00. The predicted octanol–water partition coefficient (Wildman–Crippen LogP) is -1.53. The number of aromatic amines is 2. The molecule has 18 heavy (non-hydrogen) atoms. The fourth-order valence-electron chi connectivity index (χ4n) is 1.20. The third kappa shape index (κ3) is 4.81. The van der Waals surface area contributed by atoms with Crippen molar-refractivity contribution in [2.75, 3.05) is 6.54 Å². The van der Waals surface area contributed by atoms with Crippen molar-refractivity contribution < 1.29 is 9.59 Å². The number of H-pyrrole nitrogens is 2. The maximum absolute atomic E-state index is 11.3. The van der Waals surface area contributed by atoms with Gasteiger partial charge in [-0.15, -0.1) is 0 Å². The average Bonchev–Trinajstić information content (AvgIpc) is 2.71. The van der Waals surface area contributed by atoms with E-state index in [0.717, 1.165) is 0 Å². The number of primary amides is 1. The lowest BCUT2D eigenvalue weighted by Gasteiger charge is -2.06. The molecule has 1 rings (SSSR count). The highest BCUT2D eigenvalue weighted by molar-refractivity contribution is 5.85. The van der Waals surface area contributed by atoms with Gasteiger partial charge in [0.25, 0.3) is 0 Å². The number of nitrogens with two attached hydrogens (primary N) is 1. The molecule has 99 valence electrons. The van der Waals surface area contributed by atoms with Crippen LogP contribution in [0.5, 0.6) is 0 Å². The van der Waals surface area contributed by atoms with Gasteiger partial charge in [0, 0.05) is 18.9 Å². The minimum atomic E-state index is -0.437. The van der Waals surface area contributed by atoms with E-state index in [9.17, 15) is 14.4 Å². The second-order valence-electron chi connectivity index (χ2n) is 3.91. The molecule has 8 heteroatoms. The Balaban J connectivity index is 2.17. The van der Waals surface area contributed by atoms with E-state index < -0.39 is 5.91 Å². The Labute approximate surface area is 103 Å². The van der Waals surface area contributed by atoms with E-state index in [4.69, 9.17) is 5.73 Å². The number of hydrogen-bond donors (Lipinski definition) is 4. The number of aromatic nitrogens is 3. The molecule has 1 radical (unpaired) electrons. The average molecular weight is 254 g/mol. The van der Waals surface area contributed by atoms with Gasteiger partial charge in [0.15, 0.2) is 0 Å². The summed E-state index contributed by atoms with van der Waals surface area (Å²) in [6.07, 6.45) is 2.10. The maximum atomic E-state index is 11.3. The molecule has 1 heterocycles. The molecule has 0 spiro atoms. The van der Waals surface area contributed by atoms with Crippen molar-refractivity contribution in [1.29, 1.82) is 0 Å². The molecular weight excluding hydrogens is 238 g/mol. The van der Waals surface area contributed by atoms with E-state index in [1.807, 2.05) is 0 Å². The second-order valence-corrected chi connectivity index (χ2v) is 3.91. The summed E-state index contributed by atoms with van der Waals surface area (Å²) in [5.74, 6) is -0.599. The molecule has 1 aromatic rings. The fourth-order valence-corrected chi connectivity index (χ4v) is 1.20. The van der Waals surface area contributed by atoms with Crippen LogP contribution < -0.4 is 16.7 Å². The SMILES string of the molecule is C[C@@H](C[CH]C(=O)NCCc1n[nH]c(=O)[nH]1)C(N)=O. The van der Waals surface area contributed by atoms with Gasteiger partial charge in [-0.1, -0.05) is 6.92 Å². The van der Waals surface area contributed by atoms with Crippen LogP contribution in [0.25, 0.3) is 0 Å². The molecule has 0 aliphatic rings. The van der Waals surface area contributed by atoms with E-state index in [2.05, 4.69) is 20.5 Å². The number of hydrogen-bond acceptors (Lipinski definition) is 4. The highest BCUT2D eigenvalue weighted by Gasteiger charge is 2.11. The first kappa shape index (κ1) is 13.9. The molecule has 1 aromatic heterocycles. The first-order valence-corrected chi connectivity index (χ1v) is 5.53. The zero-order chi connectivity index (χ0) is 13.5. The summed E-state index contributed by atoms with van der Waals surface area (Å²) in [5.41, 5.74) is 4.69. The Hall–Kier alpha value is -2.12. The van der Waals surface area contributed by atoms with Crippen molar-refractivity contribution in [3.63, 3.8) is 0 Å². The van der Waals surface area contributed by atoms with Crippen LogP contribution in [0.1, 0.15) is 19.2 Å². The van der Waals surface area contributed by atoms with E-state index in [-0.39, 0.29) is 17.5 Å². The van der Waals surface area contributed by atoms with Crippen LogP contribution in [-0.2, 0) is 16.0 Å². The first-order chi connectivity index (χ1) is 8.49. The van der Waals surface area contributed by atoms with Crippen molar-refractivity contribution in [2.24, 2.45) is 11.7 Å². The summed E-state index contributed by atoms with van der Waals surface area (Å²) in [6, 6.07) is 0. The molecule has 8 nitrogen and oxygen atoms in total. The summed E-state index contributed by atoms with van der Waals surface area (Å²) in [5, 5.41) is 8.53. The number of rotatable bonds is 7. The van der Waals surface area contributed by atoms with Crippen LogP contribution in [0.15, 0.2) is 4.79 Å². The van der Waals surface area contributed by atoms with E-state index in [1.54, 1.807) is 6.92 Å². The summed E-state index contributed by atoms with van der Waals surface area (Å²) >= 11 is 0. The Kier molecular flexibility index (Phi) is 5.09. The van der Waals surface area contributed by atoms with Crippen LogP contribution >= 0.6 is 0 Å². The summed E-state index contributed by atoms with van der Waals surface area (Å²) in [4.78, 5) is 35.3. The number of nitrogens with zero attached hydrogens (tertiary/aromatic N) is 1. The lowest BCUT2D eigenvalue weighted by molar-refractivity contribution is -0.121. The van der Waals surface area contributed by atoms with Crippen LogP contribution in [-0.4, -0.2) is 33.5 Å². The largest absolute Gasteiger partial charge is 0.369 e. The monoisotopic (exact) mass is 254 g/mol. The third-order valence-corrected chi connectivity index (χ3v) is 2.35. The zero-order valence-corrected chi connectivity index (χ0v) is 10.0. The number of carbonyl (C=O) groups excluding carboxylic acids is 2. The van der Waals surface area contributed by atoms with Crippen LogP contribution in [0.2, 0.25) is 0 Å². The Morgan fingerprint density at radius 2 is 2.28 bits per heavy atom. The minimum Gasteiger partial charge on any atom is -0.369 e. The molecule has 0 fully saturated rings. The summed E-state index contributed by atoms with van der Waals surface area (Å²) < 4.78 is 0. The van der Waals surface area contributed by atoms with Gasteiger partial charge in [0.2, 0.25) is 11.8 Å². The fraction of sp³-hybridized carbons (Fsp3) is 0.500. The third-order valence-electron chi connectivity index (χ3n) is 2.35. The smallest absolute Gasteiger partial charge is 0.340 e. The van der Waals surface area contributed by atoms with Crippen molar-refractivity contribution in [1.82, 2.24) is 20.5 Å². The van der Waals surface area contributed by atoms with Gasteiger partial charge < -0.3 is 11.1 Å². The molecule has 5 N–H and O–H groups in total. The molecule has 1 atom stereocenters. The molecule has 0 aliphatic carbocycles. The van der Waals surface area contributed by atoms with Gasteiger partial charge in [-0.2, -0.15) is 5.10 Å². The molecule has 0 saturated heterocycles. The van der Waals surface area contributed by atoms with Gasteiger partial charge in [0.05, 0.1) is 6.42 Å². The molecule has 0 aliphatic heterocycles. The number of carbonyl (C=O) groups is 2. The maximum Gasteiger partial charge on any atom is 0.340 e. The Morgan fingerprint density at radius 3 is 2.83 bits per heavy atom. The number of amides is 2. The molecule has 0 unspecified atom stereocenters. The lowest BCUT2D eigenvalue weighted by Crippen LogP contribution is -2.28. The van der Waals surface area contributed by atoms with Crippen molar-refractivity contribution in [2.45, 2.75) is 19.8 Å². The highest BCUT2D eigenvalue weighted by Crippen LogP contribution is 2.02. The van der Waals surface area contributed by atoms with E-state index >= 15 is 0 Å². The quantitative estimate of drug-likeness (QED) is 0.469. The number of nitrogens with one attached hydrogen (secondary N) is 3. The molecule has 2 amide bonds. The summed E-state index contributed by atoms with van der Waals surface area (Å²) in [7, 11) is 0. The van der Waals surface area contributed by atoms with Crippen molar-refractivity contribution in [3.8, 4) is 0 Å². The van der Waals surface area contributed by atoms with E-state index in [1.165, 1.54) is 6.42 Å². The standard InChI is InChI=1S/C10H16N5O3/c1-6(9(11)17)2-3-8(16)12-5-4-7-13-10(18)15-14-7/h3,6H,2,4-5H2,1H3,(H2,11,17)(H,12,16)(H2,13,14,15,18)/t6-/m0/s1. The molecular formula is C10H16N5O3. The predicted molar refractivity (Wildman–Crippen MR) is 63.2 cm³/mol. The van der Waals surface area contributed by atoms with Gasteiger partial charge in [-0.3, -0.25) is 14.6 Å². The normalized spacial score (nSPS) is 12.1. The highest BCUT2D eigenvalue weighted by atomic mass is 16.2. The molecule has 0 saturated carbocycles. The first-order valence-electron chi connectivity index (χ1n) is 5.53. The topological polar surface area (TPSA) is 134 Å². The van der Waals surface area contributed by atoms with Crippen molar-refractivity contribution in [3.05, 3.63) is 22.7 Å². The second kappa shape index (κ2) is 6.58.